The van der Waals surface area contributed by atoms with E-state index < -0.39 is 12.7 Å². The summed E-state index contributed by atoms with van der Waals surface area (Å²) in [5.41, 5.74) is 0.821. The lowest BCUT2D eigenvalue weighted by Gasteiger charge is -2.21. The molecule has 3 nitrogen and oxygen atoms in total. The van der Waals surface area contributed by atoms with Crippen LogP contribution in [0.3, 0.4) is 0 Å². The number of alkyl halides is 3. The van der Waals surface area contributed by atoms with Crippen molar-refractivity contribution in [1.82, 2.24) is 10.3 Å². The molecule has 1 heterocycles. The van der Waals surface area contributed by atoms with Gasteiger partial charge in [-0.1, -0.05) is 11.6 Å². The van der Waals surface area contributed by atoms with E-state index >= 15 is 0 Å². The summed E-state index contributed by atoms with van der Waals surface area (Å²) in [6.07, 6.45) is -2.77. The van der Waals surface area contributed by atoms with Crippen molar-refractivity contribution in [3.8, 4) is 0 Å². The first-order valence-electron chi connectivity index (χ1n) is 4.90. The van der Waals surface area contributed by atoms with Gasteiger partial charge >= 0.3 is 6.18 Å². The lowest BCUT2D eigenvalue weighted by molar-refractivity contribution is -0.119. The Labute approximate surface area is 103 Å². The molecule has 0 amide bonds. The van der Waals surface area contributed by atoms with E-state index in [2.05, 4.69) is 10.3 Å². The molecule has 1 aromatic heterocycles. The number of hydrogen-bond donors (Lipinski definition) is 1. The molecule has 1 rings (SSSR count). The van der Waals surface area contributed by atoms with Crippen molar-refractivity contribution in [2.45, 2.75) is 12.7 Å². The van der Waals surface area contributed by atoms with E-state index in [0.717, 1.165) is 10.5 Å². The van der Waals surface area contributed by atoms with Gasteiger partial charge in [0.15, 0.2) is 0 Å². The first-order chi connectivity index (χ1) is 7.83. The Balaban J connectivity index is 2.84. The van der Waals surface area contributed by atoms with Gasteiger partial charge in [-0.15, -0.1) is 0 Å². The Kier molecular flexibility index (Phi) is 4.59. The van der Waals surface area contributed by atoms with Crippen LogP contribution in [-0.2, 0) is 6.54 Å². The number of rotatable bonds is 4. The van der Waals surface area contributed by atoms with E-state index in [-0.39, 0.29) is 10.8 Å². The summed E-state index contributed by atoms with van der Waals surface area (Å²) in [5.74, 6) is 0.129. The number of aromatic nitrogens is 1. The summed E-state index contributed by atoms with van der Waals surface area (Å²) in [5, 5.41) is 3.12. The number of nitrogens with one attached hydrogen (secondary N) is 1. The molecule has 96 valence electrons. The van der Waals surface area contributed by atoms with Crippen LogP contribution in [0.5, 0.6) is 0 Å². The summed E-state index contributed by atoms with van der Waals surface area (Å²) >= 11 is 5.89. The lowest BCUT2D eigenvalue weighted by Crippen LogP contribution is -2.31. The van der Waals surface area contributed by atoms with E-state index in [1.807, 2.05) is 0 Å². The van der Waals surface area contributed by atoms with Crippen molar-refractivity contribution >= 4 is 17.4 Å². The van der Waals surface area contributed by atoms with Crippen LogP contribution in [0.1, 0.15) is 5.56 Å². The summed E-state index contributed by atoms with van der Waals surface area (Å²) in [4.78, 5) is 4.91. The van der Waals surface area contributed by atoms with Gasteiger partial charge in [0.25, 0.3) is 0 Å². The SMILES string of the molecule is CNCc1cnc(N(C)CC(F)(F)F)c(Cl)c1. The predicted molar refractivity (Wildman–Crippen MR) is 61.3 cm³/mol. The molecule has 0 bridgehead atoms. The van der Waals surface area contributed by atoms with Crippen LogP contribution < -0.4 is 10.2 Å². The second-order valence-corrected chi connectivity index (χ2v) is 4.06. The molecular weight excluding hydrogens is 255 g/mol. The van der Waals surface area contributed by atoms with Crippen molar-refractivity contribution in [2.24, 2.45) is 0 Å². The van der Waals surface area contributed by atoms with E-state index in [1.165, 1.54) is 13.2 Å². The third kappa shape index (κ3) is 4.40. The van der Waals surface area contributed by atoms with Gasteiger partial charge in [0, 0.05) is 19.8 Å². The smallest absolute Gasteiger partial charge is 0.349 e. The quantitative estimate of drug-likeness (QED) is 0.908. The molecule has 0 aromatic carbocycles. The zero-order valence-electron chi connectivity index (χ0n) is 9.48. The Hall–Kier alpha value is -1.01. The number of anilines is 1. The first kappa shape index (κ1) is 14.1. The molecule has 1 N–H and O–H groups in total. The average Bonchev–Trinajstić information content (AvgIpc) is 2.15. The van der Waals surface area contributed by atoms with Crippen molar-refractivity contribution in [2.75, 3.05) is 25.5 Å². The molecule has 0 aliphatic rings. The van der Waals surface area contributed by atoms with Crippen LogP contribution >= 0.6 is 11.6 Å². The molecule has 0 spiro atoms. The fourth-order valence-corrected chi connectivity index (χ4v) is 1.73. The van der Waals surface area contributed by atoms with Gasteiger partial charge in [0.2, 0.25) is 0 Å². The van der Waals surface area contributed by atoms with Crippen molar-refractivity contribution in [1.29, 1.82) is 0 Å². The number of hydrogen-bond acceptors (Lipinski definition) is 3. The minimum absolute atomic E-state index is 0.129. The van der Waals surface area contributed by atoms with Crippen LogP contribution in [0, 0.1) is 0 Å². The molecule has 0 radical (unpaired) electrons. The molecule has 0 saturated heterocycles. The summed E-state index contributed by atoms with van der Waals surface area (Å²) in [7, 11) is 3.07. The number of nitrogens with zero attached hydrogens (tertiary/aromatic N) is 2. The monoisotopic (exact) mass is 267 g/mol. The second kappa shape index (κ2) is 5.55. The van der Waals surface area contributed by atoms with Gasteiger partial charge < -0.3 is 10.2 Å². The number of halogens is 4. The van der Waals surface area contributed by atoms with Crippen molar-refractivity contribution in [3.05, 3.63) is 22.8 Å². The Morgan fingerprint density at radius 2 is 2.12 bits per heavy atom. The molecule has 0 fully saturated rings. The minimum atomic E-state index is -4.27. The average molecular weight is 268 g/mol. The molecule has 0 saturated carbocycles. The topological polar surface area (TPSA) is 28.2 Å². The maximum atomic E-state index is 12.2. The lowest BCUT2D eigenvalue weighted by atomic mass is 10.3. The first-order valence-corrected chi connectivity index (χ1v) is 5.28. The van der Waals surface area contributed by atoms with Gasteiger partial charge in [-0.05, 0) is 18.7 Å². The van der Waals surface area contributed by atoms with Gasteiger partial charge in [0.1, 0.15) is 12.4 Å². The molecule has 0 aliphatic heterocycles. The van der Waals surface area contributed by atoms with Crippen LogP contribution in [0.15, 0.2) is 12.3 Å². The van der Waals surface area contributed by atoms with E-state index in [4.69, 9.17) is 11.6 Å². The van der Waals surface area contributed by atoms with Crippen LogP contribution in [0.25, 0.3) is 0 Å². The molecule has 0 atom stereocenters. The molecule has 0 aliphatic carbocycles. The highest BCUT2D eigenvalue weighted by atomic mass is 35.5. The maximum absolute atomic E-state index is 12.2. The van der Waals surface area contributed by atoms with Gasteiger partial charge in [0.05, 0.1) is 5.02 Å². The Morgan fingerprint density at radius 3 is 2.59 bits per heavy atom. The normalized spacial score (nSPS) is 11.6. The predicted octanol–water partition coefficient (Wildman–Crippen LogP) is 2.45. The standard InChI is InChI=1S/C10H13ClF3N3/c1-15-4-7-3-8(11)9(16-5-7)17(2)6-10(12,13)14/h3,5,15H,4,6H2,1-2H3. The van der Waals surface area contributed by atoms with Gasteiger partial charge in [-0.25, -0.2) is 4.98 Å². The van der Waals surface area contributed by atoms with Crippen LogP contribution in [0.2, 0.25) is 5.02 Å². The fourth-order valence-electron chi connectivity index (χ4n) is 1.40. The molecular formula is C10H13ClF3N3. The zero-order chi connectivity index (χ0) is 13.1. The highest BCUT2D eigenvalue weighted by Gasteiger charge is 2.30. The third-order valence-corrected chi connectivity index (χ3v) is 2.32. The zero-order valence-corrected chi connectivity index (χ0v) is 10.2. The Morgan fingerprint density at radius 1 is 1.47 bits per heavy atom. The Bertz CT molecular complexity index is 382. The summed E-state index contributed by atoms with van der Waals surface area (Å²) in [6, 6.07) is 1.60. The van der Waals surface area contributed by atoms with E-state index in [0.29, 0.717) is 6.54 Å². The van der Waals surface area contributed by atoms with Crippen LogP contribution in [-0.4, -0.2) is 31.8 Å². The summed E-state index contributed by atoms with van der Waals surface area (Å²) in [6.45, 7) is -0.513. The van der Waals surface area contributed by atoms with Crippen LogP contribution in [0.4, 0.5) is 19.0 Å². The van der Waals surface area contributed by atoms with Gasteiger partial charge in [-0.2, -0.15) is 13.2 Å². The highest BCUT2D eigenvalue weighted by Crippen LogP contribution is 2.26. The second-order valence-electron chi connectivity index (χ2n) is 3.65. The molecule has 7 heteroatoms. The largest absolute Gasteiger partial charge is 0.405 e. The molecule has 0 unspecified atom stereocenters. The molecule has 17 heavy (non-hydrogen) atoms. The van der Waals surface area contributed by atoms with E-state index in [9.17, 15) is 13.2 Å². The van der Waals surface area contributed by atoms with Crippen molar-refractivity contribution < 1.29 is 13.2 Å². The molecule has 1 aromatic rings. The number of pyridine rings is 1. The van der Waals surface area contributed by atoms with E-state index in [1.54, 1.807) is 13.1 Å². The van der Waals surface area contributed by atoms with Crippen molar-refractivity contribution in [3.63, 3.8) is 0 Å². The maximum Gasteiger partial charge on any atom is 0.405 e. The van der Waals surface area contributed by atoms with Gasteiger partial charge in [-0.3, -0.25) is 0 Å². The highest BCUT2D eigenvalue weighted by molar-refractivity contribution is 6.33. The third-order valence-electron chi connectivity index (χ3n) is 2.04. The summed E-state index contributed by atoms with van der Waals surface area (Å²) < 4.78 is 36.6. The minimum Gasteiger partial charge on any atom is -0.349 e. The fraction of sp³-hybridized carbons (Fsp3) is 0.500.